The molecule has 1 fully saturated rings. The molecule has 0 aliphatic carbocycles. The van der Waals surface area contributed by atoms with Gasteiger partial charge in [0.1, 0.15) is 5.69 Å². The Bertz CT molecular complexity index is 616. The van der Waals surface area contributed by atoms with Gasteiger partial charge in [-0.2, -0.15) is 0 Å². The highest BCUT2D eigenvalue weighted by molar-refractivity contribution is 5.96. The number of piperidine rings is 1. The van der Waals surface area contributed by atoms with E-state index < -0.39 is 4.92 Å². The predicted octanol–water partition coefficient (Wildman–Crippen LogP) is 2.58. The second kappa shape index (κ2) is 9.01. The number of hydrogen-bond donors (Lipinski definition) is 2. The van der Waals surface area contributed by atoms with Gasteiger partial charge in [0.25, 0.3) is 11.6 Å². The third-order valence-corrected chi connectivity index (χ3v) is 4.37. The fraction of sp³-hybridized carbons (Fsp3) is 0.588. The number of nitro benzene ring substituents is 1. The average molecular weight is 371 g/mol. The van der Waals surface area contributed by atoms with Crippen LogP contribution < -0.4 is 16.0 Å². The molecule has 0 radical (unpaired) electrons. The van der Waals surface area contributed by atoms with E-state index in [-0.39, 0.29) is 35.6 Å². The SMILES string of the molecule is CC1CC(C)CN(c2ccc(C(=O)N[C@@H](C)CN)cc2[N+](=O)[O-])C1.Cl. The number of rotatable bonds is 5. The first kappa shape index (κ1) is 21.2. The topological polar surface area (TPSA) is 102 Å². The summed E-state index contributed by atoms with van der Waals surface area (Å²) in [6.45, 7) is 8.00. The summed E-state index contributed by atoms with van der Waals surface area (Å²) in [5, 5.41) is 14.2. The third-order valence-electron chi connectivity index (χ3n) is 4.37. The molecule has 1 aromatic rings. The van der Waals surface area contributed by atoms with E-state index in [1.807, 2.05) is 0 Å². The zero-order valence-electron chi connectivity index (χ0n) is 14.9. The Morgan fingerprint density at radius 3 is 2.52 bits per heavy atom. The lowest BCUT2D eigenvalue weighted by Gasteiger charge is -2.36. The summed E-state index contributed by atoms with van der Waals surface area (Å²) in [5.41, 5.74) is 6.34. The lowest BCUT2D eigenvalue weighted by molar-refractivity contribution is -0.384. The molecule has 0 saturated carbocycles. The van der Waals surface area contributed by atoms with Crippen LogP contribution in [-0.4, -0.2) is 36.5 Å². The largest absolute Gasteiger partial charge is 0.365 e. The van der Waals surface area contributed by atoms with Crippen LogP contribution in [0.3, 0.4) is 0 Å². The zero-order valence-corrected chi connectivity index (χ0v) is 15.7. The molecular formula is C17H27ClN4O3. The molecule has 3 N–H and O–H groups in total. The van der Waals surface area contributed by atoms with E-state index in [0.717, 1.165) is 19.5 Å². The van der Waals surface area contributed by atoms with Gasteiger partial charge >= 0.3 is 0 Å². The van der Waals surface area contributed by atoms with E-state index in [1.54, 1.807) is 19.1 Å². The minimum atomic E-state index is -0.414. The number of carbonyl (C=O) groups excluding carboxylic acids is 1. The van der Waals surface area contributed by atoms with Crippen molar-refractivity contribution in [2.24, 2.45) is 17.6 Å². The van der Waals surface area contributed by atoms with Crippen molar-refractivity contribution in [3.63, 3.8) is 0 Å². The number of hydrogen-bond acceptors (Lipinski definition) is 5. The van der Waals surface area contributed by atoms with Crippen molar-refractivity contribution in [3.8, 4) is 0 Å². The number of nitrogens with zero attached hydrogens (tertiary/aromatic N) is 2. The van der Waals surface area contributed by atoms with Gasteiger partial charge in [-0.15, -0.1) is 12.4 Å². The first-order valence-corrected chi connectivity index (χ1v) is 8.36. The Labute approximate surface area is 154 Å². The second-order valence-corrected chi connectivity index (χ2v) is 6.92. The van der Waals surface area contributed by atoms with Crippen LogP contribution in [0, 0.1) is 22.0 Å². The molecule has 0 aromatic heterocycles. The normalized spacial score (nSPS) is 21.2. The minimum absolute atomic E-state index is 0. The second-order valence-electron chi connectivity index (χ2n) is 6.92. The Morgan fingerprint density at radius 2 is 2.00 bits per heavy atom. The molecule has 8 heteroatoms. The molecule has 1 aromatic carbocycles. The predicted molar refractivity (Wildman–Crippen MR) is 101 cm³/mol. The molecule has 25 heavy (non-hydrogen) atoms. The average Bonchev–Trinajstić information content (AvgIpc) is 2.53. The van der Waals surface area contributed by atoms with Crippen LogP contribution in [0.2, 0.25) is 0 Å². The maximum Gasteiger partial charge on any atom is 0.293 e. The number of benzene rings is 1. The molecule has 2 unspecified atom stereocenters. The lowest BCUT2D eigenvalue weighted by Crippen LogP contribution is -2.39. The van der Waals surface area contributed by atoms with Crippen molar-refractivity contribution < 1.29 is 9.72 Å². The molecule has 3 atom stereocenters. The van der Waals surface area contributed by atoms with Gasteiger partial charge < -0.3 is 16.0 Å². The summed E-state index contributed by atoms with van der Waals surface area (Å²) in [7, 11) is 0. The van der Waals surface area contributed by atoms with E-state index >= 15 is 0 Å². The summed E-state index contributed by atoms with van der Waals surface area (Å²) in [6.07, 6.45) is 1.13. The standard InChI is InChI=1S/C17H26N4O3.ClH/c1-11-6-12(2)10-20(9-11)15-5-4-14(7-16(15)21(23)24)17(22)19-13(3)8-18;/h4-5,7,11-13H,6,8-10,18H2,1-3H3,(H,19,22);1H/t11?,12?,13-;/m0./s1. The highest BCUT2D eigenvalue weighted by Gasteiger charge is 2.27. The molecular weight excluding hydrogens is 344 g/mol. The van der Waals surface area contributed by atoms with Crippen molar-refractivity contribution in [1.29, 1.82) is 0 Å². The van der Waals surface area contributed by atoms with Crippen LogP contribution in [-0.2, 0) is 0 Å². The minimum Gasteiger partial charge on any atom is -0.365 e. The van der Waals surface area contributed by atoms with Gasteiger partial charge in [0.2, 0.25) is 0 Å². The molecule has 1 aliphatic rings. The van der Waals surface area contributed by atoms with Gasteiger partial charge in [-0.3, -0.25) is 14.9 Å². The monoisotopic (exact) mass is 370 g/mol. The molecule has 0 spiro atoms. The molecule has 140 valence electrons. The quantitative estimate of drug-likeness (QED) is 0.612. The summed E-state index contributed by atoms with van der Waals surface area (Å²) in [5.74, 6) is 0.631. The zero-order chi connectivity index (χ0) is 17.9. The van der Waals surface area contributed by atoms with E-state index in [4.69, 9.17) is 5.73 Å². The van der Waals surface area contributed by atoms with Gasteiger partial charge in [-0.05, 0) is 37.3 Å². The maximum absolute atomic E-state index is 12.2. The van der Waals surface area contributed by atoms with Gasteiger partial charge in [-0.25, -0.2) is 0 Å². The van der Waals surface area contributed by atoms with E-state index in [0.29, 0.717) is 24.1 Å². The number of anilines is 1. The summed E-state index contributed by atoms with van der Waals surface area (Å²) in [6, 6.07) is 4.51. The Kier molecular flexibility index (Phi) is 7.63. The molecule has 1 amide bonds. The number of carbonyl (C=O) groups is 1. The van der Waals surface area contributed by atoms with Crippen LogP contribution in [0.4, 0.5) is 11.4 Å². The van der Waals surface area contributed by atoms with Crippen LogP contribution in [0.25, 0.3) is 0 Å². The van der Waals surface area contributed by atoms with Crippen LogP contribution in [0.5, 0.6) is 0 Å². The summed E-state index contributed by atoms with van der Waals surface area (Å²) >= 11 is 0. The van der Waals surface area contributed by atoms with Crippen molar-refractivity contribution >= 4 is 29.7 Å². The van der Waals surface area contributed by atoms with Crippen molar-refractivity contribution in [2.45, 2.75) is 33.2 Å². The fourth-order valence-corrected chi connectivity index (χ4v) is 3.30. The number of nitrogens with one attached hydrogen (secondary N) is 1. The molecule has 1 aliphatic heterocycles. The lowest BCUT2D eigenvalue weighted by atomic mass is 9.91. The van der Waals surface area contributed by atoms with E-state index in [2.05, 4.69) is 24.1 Å². The number of amides is 1. The van der Waals surface area contributed by atoms with Gasteiger partial charge in [-0.1, -0.05) is 13.8 Å². The molecule has 0 bridgehead atoms. The fourth-order valence-electron chi connectivity index (χ4n) is 3.30. The van der Waals surface area contributed by atoms with Crippen molar-refractivity contribution in [1.82, 2.24) is 5.32 Å². The number of halogens is 1. The highest BCUT2D eigenvalue weighted by Crippen LogP contribution is 2.33. The van der Waals surface area contributed by atoms with E-state index in [9.17, 15) is 14.9 Å². The van der Waals surface area contributed by atoms with Crippen molar-refractivity contribution in [3.05, 3.63) is 33.9 Å². The Balaban J connectivity index is 0.00000312. The molecule has 1 heterocycles. The summed E-state index contributed by atoms with van der Waals surface area (Å²) < 4.78 is 0. The van der Waals surface area contributed by atoms with Crippen LogP contribution >= 0.6 is 12.4 Å². The van der Waals surface area contributed by atoms with Gasteiger partial charge in [0, 0.05) is 37.3 Å². The molecule has 1 saturated heterocycles. The van der Waals surface area contributed by atoms with Crippen LogP contribution in [0.1, 0.15) is 37.6 Å². The first-order valence-electron chi connectivity index (χ1n) is 8.36. The number of nitrogens with two attached hydrogens (primary N) is 1. The smallest absolute Gasteiger partial charge is 0.293 e. The third kappa shape index (κ3) is 5.31. The van der Waals surface area contributed by atoms with Gasteiger partial charge in [0.05, 0.1) is 4.92 Å². The van der Waals surface area contributed by atoms with E-state index in [1.165, 1.54) is 6.07 Å². The molecule has 7 nitrogen and oxygen atoms in total. The Hall–Kier alpha value is -1.86. The first-order chi connectivity index (χ1) is 11.3. The number of nitro groups is 1. The maximum atomic E-state index is 12.2. The summed E-state index contributed by atoms with van der Waals surface area (Å²) in [4.78, 5) is 25.3. The highest BCUT2D eigenvalue weighted by atomic mass is 35.5. The van der Waals surface area contributed by atoms with Gasteiger partial charge in [0.15, 0.2) is 0 Å². The molecule has 2 rings (SSSR count). The van der Waals surface area contributed by atoms with Crippen LogP contribution in [0.15, 0.2) is 18.2 Å². The Morgan fingerprint density at radius 1 is 1.40 bits per heavy atom. The van der Waals surface area contributed by atoms with Crippen molar-refractivity contribution in [2.75, 3.05) is 24.5 Å².